The molecule has 1 saturated carbocycles. The number of hydrogen-bond donors (Lipinski definition) is 2. The number of amides is 2. The minimum Gasteiger partial charge on any atom is -0.348 e. The third kappa shape index (κ3) is 3.74. The Balaban J connectivity index is 1.75. The van der Waals surface area contributed by atoms with Crippen molar-refractivity contribution >= 4 is 17.5 Å². The predicted octanol–water partition coefficient (Wildman–Crippen LogP) is 2.79. The molecule has 2 N–H and O–H groups in total. The summed E-state index contributed by atoms with van der Waals surface area (Å²) in [5.74, 6) is -0.468. The molecule has 5 nitrogen and oxygen atoms in total. The average molecular weight is 309 g/mol. The van der Waals surface area contributed by atoms with E-state index >= 15 is 0 Å². The Kier molecular flexibility index (Phi) is 4.37. The highest BCUT2D eigenvalue weighted by atomic mass is 16.2. The van der Waals surface area contributed by atoms with Gasteiger partial charge in [-0.15, -0.1) is 0 Å². The van der Waals surface area contributed by atoms with E-state index < -0.39 is 0 Å². The summed E-state index contributed by atoms with van der Waals surface area (Å²) in [7, 11) is 0. The van der Waals surface area contributed by atoms with Crippen LogP contribution in [0.2, 0.25) is 0 Å². The van der Waals surface area contributed by atoms with Crippen LogP contribution in [0.4, 0.5) is 5.69 Å². The summed E-state index contributed by atoms with van der Waals surface area (Å²) in [5.41, 5.74) is 2.56. The Labute approximate surface area is 135 Å². The van der Waals surface area contributed by atoms with Crippen molar-refractivity contribution in [3.05, 3.63) is 59.4 Å². The Hall–Kier alpha value is -2.69. The van der Waals surface area contributed by atoms with Crippen molar-refractivity contribution in [3.63, 3.8) is 0 Å². The second-order valence-electron chi connectivity index (χ2n) is 5.64. The quantitative estimate of drug-likeness (QED) is 0.892. The first kappa shape index (κ1) is 15.2. The molecule has 1 fully saturated rings. The van der Waals surface area contributed by atoms with Crippen molar-refractivity contribution in [2.45, 2.75) is 32.2 Å². The number of carbonyl (C=O) groups is 2. The molecule has 1 aromatic carbocycles. The first-order chi connectivity index (χ1) is 11.2. The maximum atomic E-state index is 12.4. The van der Waals surface area contributed by atoms with Crippen LogP contribution in [0.3, 0.4) is 0 Å². The molecule has 23 heavy (non-hydrogen) atoms. The molecule has 1 heterocycles. The van der Waals surface area contributed by atoms with Crippen LogP contribution in [0.15, 0.2) is 42.6 Å². The Morgan fingerprint density at radius 3 is 2.70 bits per heavy atom. The molecule has 1 aromatic heterocycles. The van der Waals surface area contributed by atoms with Gasteiger partial charge in [0.2, 0.25) is 0 Å². The number of rotatable bonds is 5. The van der Waals surface area contributed by atoms with E-state index in [-0.39, 0.29) is 23.6 Å². The van der Waals surface area contributed by atoms with Gasteiger partial charge in [0.05, 0.1) is 0 Å². The number of aromatic nitrogens is 1. The third-order valence-electron chi connectivity index (χ3n) is 3.81. The smallest absolute Gasteiger partial charge is 0.270 e. The summed E-state index contributed by atoms with van der Waals surface area (Å²) in [4.78, 5) is 28.5. The minimum absolute atomic E-state index is 0.226. The zero-order valence-electron chi connectivity index (χ0n) is 13.0. The molecule has 0 spiro atoms. The van der Waals surface area contributed by atoms with Gasteiger partial charge in [0.15, 0.2) is 0 Å². The summed E-state index contributed by atoms with van der Waals surface area (Å²) in [5, 5.41) is 5.77. The van der Waals surface area contributed by atoms with Gasteiger partial charge in [-0.3, -0.25) is 14.6 Å². The van der Waals surface area contributed by atoms with Crippen molar-refractivity contribution in [1.29, 1.82) is 0 Å². The fourth-order valence-electron chi connectivity index (χ4n) is 2.33. The molecular formula is C18H19N3O2. The van der Waals surface area contributed by atoms with Crippen LogP contribution in [0.1, 0.15) is 46.2 Å². The number of pyridine rings is 1. The molecule has 5 heteroatoms. The molecule has 2 amide bonds. The zero-order chi connectivity index (χ0) is 16.2. The van der Waals surface area contributed by atoms with Gasteiger partial charge in [0.25, 0.3) is 11.8 Å². The third-order valence-corrected chi connectivity index (χ3v) is 3.81. The fourth-order valence-corrected chi connectivity index (χ4v) is 2.33. The summed E-state index contributed by atoms with van der Waals surface area (Å²) in [6.07, 6.45) is 4.35. The van der Waals surface area contributed by atoms with Gasteiger partial charge in [0.1, 0.15) is 5.69 Å². The highest BCUT2D eigenvalue weighted by Gasteiger charge is 2.24. The Morgan fingerprint density at radius 2 is 1.96 bits per heavy atom. The molecule has 0 saturated heterocycles. The molecule has 118 valence electrons. The standard InChI is InChI=1S/C18H19N3O2/c1-2-12-5-3-4-6-15(12)21-17(22)13-9-10-19-16(11-13)18(23)20-14-7-8-14/h3-6,9-11,14H,2,7-8H2,1H3,(H,20,23)(H,21,22). The van der Waals surface area contributed by atoms with Crippen molar-refractivity contribution in [3.8, 4) is 0 Å². The molecule has 0 atom stereocenters. The lowest BCUT2D eigenvalue weighted by Crippen LogP contribution is -2.26. The fraction of sp³-hybridized carbons (Fsp3) is 0.278. The highest BCUT2D eigenvalue weighted by molar-refractivity contribution is 6.06. The lowest BCUT2D eigenvalue weighted by Gasteiger charge is -2.10. The van der Waals surface area contributed by atoms with Gasteiger partial charge >= 0.3 is 0 Å². The van der Waals surface area contributed by atoms with Crippen molar-refractivity contribution in [2.24, 2.45) is 0 Å². The number of nitrogens with zero attached hydrogens (tertiary/aromatic N) is 1. The number of benzene rings is 1. The second-order valence-corrected chi connectivity index (χ2v) is 5.64. The van der Waals surface area contributed by atoms with Crippen LogP contribution in [0.25, 0.3) is 0 Å². The topological polar surface area (TPSA) is 71.1 Å². The molecule has 0 radical (unpaired) electrons. The summed E-state index contributed by atoms with van der Waals surface area (Å²) in [6, 6.07) is 11.1. The number of aryl methyl sites for hydroxylation is 1. The van der Waals surface area contributed by atoms with E-state index in [9.17, 15) is 9.59 Å². The highest BCUT2D eigenvalue weighted by Crippen LogP contribution is 2.19. The maximum Gasteiger partial charge on any atom is 0.270 e. The van der Waals surface area contributed by atoms with Gasteiger partial charge in [-0.05, 0) is 43.0 Å². The van der Waals surface area contributed by atoms with Gasteiger partial charge < -0.3 is 10.6 Å². The van der Waals surface area contributed by atoms with Crippen LogP contribution in [-0.4, -0.2) is 22.8 Å². The SMILES string of the molecule is CCc1ccccc1NC(=O)c1ccnc(C(=O)NC2CC2)c1. The van der Waals surface area contributed by atoms with Crippen LogP contribution in [-0.2, 0) is 6.42 Å². The summed E-state index contributed by atoms with van der Waals surface area (Å²) < 4.78 is 0. The van der Waals surface area contributed by atoms with Gasteiger partial charge in [-0.2, -0.15) is 0 Å². The monoisotopic (exact) mass is 309 g/mol. The van der Waals surface area contributed by atoms with E-state index in [2.05, 4.69) is 15.6 Å². The first-order valence-electron chi connectivity index (χ1n) is 7.83. The van der Waals surface area contributed by atoms with E-state index in [0.717, 1.165) is 30.5 Å². The van der Waals surface area contributed by atoms with Crippen LogP contribution < -0.4 is 10.6 Å². The lowest BCUT2D eigenvalue weighted by molar-refractivity contribution is 0.0946. The number of carbonyl (C=O) groups excluding carboxylic acids is 2. The van der Waals surface area contributed by atoms with E-state index in [1.54, 1.807) is 6.07 Å². The Bertz CT molecular complexity index is 739. The van der Waals surface area contributed by atoms with Gasteiger partial charge in [-0.25, -0.2) is 0 Å². The molecule has 1 aliphatic carbocycles. The predicted molar refractivity (Wildman–Crippen MR) is 88.5 cm³/mol. The van der Waals surface area contributed by atoms with E-state index in [4.69, 9.17) is 0 Å². The van der Waals surface area contributed by atoms with Gasteiger partial charge in [0, 0.05) is 23.5 Å². The van der Waals surface area contributed by atoms with Crippen molar-refractivity contribution < 1.29 is 9.59 Å². The number of anilines is 1. The Morgan fingerprint density at radius 1 is 1.17 bits per heavy atom. The molecule has 3 rings (SSSR count). The van der Waals surface area contributed by atoms with Crippen LogP contribution in [0.5, 0.6) is 0 Å². The molecule has 0 bridgehead atoms. The van der Waals surface area contributed by atoms with E-state index in [1.807, 2.05) is 31.2 Å². The molecular weight excluding hydrogens is 290 g/mol. The molecule has 1 aliphatic rings. The van der Waals surface area contributed by atoms with Gasteiger partial charge in [-0.1, -0.05) is 25.1 Å². The van der Waals surface area contributed by atoms with Crippen LogP contribution >= 0.6 is 0 Å². The molecule has 0 aliphatic heterocycles. The second kappa shape index (κ2) is 6.60. The average Bonchev–Trinajstić information content (AvgIpc) is 3.39. The van der Waals surface area contributed by atoms with E-state index in [0.29, 0.717) is 5.56 Å². The van der Waals surface area contributed by atoms with Crippen molar-refractivity contribution in [2.75, 3.05) is 5.32 Å². The maximum absolute atomic E-state index is 12.4. The van der Waals surface area contributed by atoms with E-state index in [1.165, 1.54) is 12.3 Å². The lowest BCUT2D eigenvalue weighted by atomic mass is 10.1. The number of nitrogens with one attached hydrogen (secondary N) is 2. The summed E-state index contributed by atoms with van der Waals surface area (Å²) >= 11 is 0. The molecule has 0 unspecified atom stereocenters. The molecule has 2 aromatic rings. The van der Waals surface area contributed by atoms with Crippen LogP contribution in [0, 0.1) is 0 Å². The normalized spacial score (nSPS) is 13.4. The van der Waals surface area contributed by atoms with Crippen molar-refractivity contribution in [1.82, 2.24) is 10.3 Å². The minimum atomic E-state index is -0.242. The zero-order valence-corrected chi connectivity index (χ0v) is 13.0. The summed E-state index contributed by atoms with van der Waals surface area (Å²) in [6.45, 7) is 2.04. The number of hydrogen-bond acceptors (Lipinski definition) is 3. The first-order valence-corrected chi connectivity index (χ1v) is 7.83. The number of para-hydroxylation sites is 1. The largest absolute Gasteiger partial charge is 0.348 e.